The van der Waals surface area contributed by atoms with E-state index in [1.165, 1.54) is 0 Å². The molecule has 0 radical (unpaired) electrons. The van der Waals surface area contributed by atoms with E-state index in [1.807, 2.05) is 19.1 Å². The lowest BCUT2D eigenvalue weighted by Crippen LogP contribution is -2.53. The highest BCUT2D eigenvalue weighted by Crippen LogP contribution is 2.11. The standard InChI is InChI=1S/C15H18N4O2.ClH/c1-10-9-16-7-8-19(10)15(21)13-14(20)11-5-3-4-6-12(11)18(2)17-13;/h3-6,10,16H,7-9H2,1-2H3;1H/t10-;/m0./s1. The van der Waals surface area contributed by atoms with E-state index in [-0.39, 0.29) is 35.5 Å². The fourth-order valence-electron chi connectivity index (χ4n) is 2.74. The van der Waals surface area contributed by atoms with E-state index in [0.29, 0.717) is 11.9 Å². The Kier molecular flexibility index (Phi) is 4.83. The third-order valence-electron chi connectivity index (χ3n) is 3.93. The van der Waals surface area contributed by atoms with Crippen molar-refractivity contribution in [3.05, 3.63) is 40.2 Å². The van der Waals surface area contributed by atoms with Crippen LogP contribution in [0.3, 0.4) is 0 Å². The molecule has 0 unspecified atom stereocenters. The van der Waals surface area contributed by atoms with Crippen LogP contribution < -0.4 is 10.7 Å². The molecule has 0 aliphatic carbocycles. The molecule has 0 spiro atoms. The van der Waals surface area contributed by atoms with Crippen LogP contribution in [-0.4, -0.2) is 46.3 Å². The van der Waals surface area contributed by atoms with Crippen molar-refractivity contribution in [1.82, 2.24) is 20.0 Å². The molecule has 0 bridgehead atoms. The number of aromatic nitrogens is 2. The Morgan fingerprint density at radius 2 is 2.09 bits per heavy atom. The number of halogens is 1. The van der Waals surface area contributed by atoms with Gasteiger partial charge in [0, 0.05) is 38.1 Å². The maximum Gasteiger partial charge on any atom is 0.278 e. The lowest BCUT2D eigenvalue weighted by atomic mass is 10.1. The van der Waals surface area contributed by atoms with Crippen LogP contribution in [0.2, 0.25) is 0 Å². The summed E-state index contributed by atoms with van der Waals surface area (Å²) in [6.07, 6.45) is 0. The van der Waals surface area contributed by atoms with Crippen molar-refractivity contribution in [1.29, 1.82) is 0 Å². The molecule has 1 aliphatic rings. The first-order valence-electron chi connectivity index (χ1n) is 7.07. The predicted octanol–water partition coefficient (Wildman–Crippen LogP) is 0.789. The number of piperazine rings is 1. The van der Waals surface area contributed by atoms with E-state index >= 15 is 0 Å². The normalized spacial score (nSPS) is 18.1. The minimum Gasteiger partial charge on any atom is -0.332 e. The molecule has 1 aromatic heterocycles. The maximum atomic E-state index is 12.6. The number of carbonyl (C=O) groups excluding carboxylic acids is 1. The summed E-state index contributed by atoms with van der Waals surface area (Å²) < 4.78 is 1.59. The number of carbonyl (C=O) groups is 1. The van der Waals surface area contributed by atoms with Crippen LogP contribution in [0.5, 0.6) is 0 Å². The molecule has 1 aliphatic heterocycles. The molecule has 118 valence electrons. The van der Waals surface area contributed by atoms with Gasteiger partial charge in [0.15, 0.2) is 5.69 Å². The largest absolute Gasteiger partial charge is 0.332 e. The highest BCUT2D eigenvalue weighted by molar-refractivity contribution is 5.95. The summed E-state index contributed by atoms with van der Waals surface area (Å²) in [4.78, 5) is 26.9. The molecule has 1 amide bonds. The van der Waals surface area contributed by atoms with Gasteiger partial charge in [-0.25, -0.2) is 0 Å². The first kappa shape index (κ1) is 16.5. The van der Waals surface area contributed by atoms with Crippen molar-refractivity contribution in [2.24, 2.45) is 7.05 Å². The smallest absolute Gasteiger partial charge is 0.278 e. The van der Waals surface area contributed by atoms with Crippen molar-refractivity contribution in [2.75, 3.05) is 19.6 Å². The van der Waals surface area contributed by atoms with Crippen molar-refractivity contribution >= 4 is 29.2 Å². The van der Waals surface area contributed by atoms with Gasteiger partial charge in [-0.15, -0.1) is 12.4 Å². The molecular formula is C15H19ClN4O2. The van der Waals surface area contributed by atoms with Gasteiger partial charge in [0.25, 0.3) is 5.91 Å². The van der Waals surface area contributed by atoms with Crippen molar-refractivity contribution < 1.29 is 4.79 Å². The van der Waals surface area contributed by atoms with Gasteiger partial charge in [0.1, 0.15) is 0 Å². The number of fused-ring (bicyclic) bond motifs is 1. The summed E-state index contributed by atoms with van der Waals surface area (Å²) in [6.45, 7) is 4.04. The summed E-state index contributed by atoms with van der Waals surface area (Å²) in [5.74, 6) is -0.282. The average molecular weight is 323 g/mol. The molecule has 0 saturated carbocycles. The van der Waals surface area contributed by atoms with Crippen LogP contribution >= 0.6 is 12.4 Å². The van der Waals surface area contributed by atoms with Gasteiger partial charge in [0.05, 0.1) is 5.52 Å². The SMILES string of the molecule is C[C@H]1CNCCN1C(=O)c1nn(C)c2ccccc2c1=O.Cl. The first-order valence-corrected chi connectivity index (χ1v) is 7.07. The molecule has 1 atom stereocenters. The monoisotopic (exact) mass is 322 g/mol. The molecule has 2 aromatic rings. The Balaban J connectivity index is 0.00000176. The zero-order valence-corrected chi connectivity index (χ0v) is 13.4. The second kappa shape index (κ2) is 6.46. The maximum absolute atomic E-state index is 12.6. The predicted molar refractivity (Wildman–Crippen MR) is 87.6 cm³/mol. The third kappa shape index (κ3) is 2.71. The molecule has 6 nitrogen and oxygen atoms in total. The van der Waals surface area contributed by atoms with Crippen LogP contribution in [0.1, 0.15) is 17.4 Å². The molecule has 3 rings (SSSR count). The summed E-state index contributed by atoms with van der Waals surface area (Å²) in [5, 5.41) is 7.96. The van der Waals surface area contributed by atoms with E-state index < -0.39 is 0 Å². The van der Waals surface area contributed by atoms with E-state index in [2.05, 4.69) is 10.4 Å². The van der Waals surface area contributed by atoms with Crippen molar-refractivity contribution in [2.45, 2.75) is 13.0 Å². The lowest BCUT2D eigenvalue weighted by Gasteiger charge is -2.33. The van der Waals surface area contributed by atoms with E-state index in [0.717, 1.165) is 18.6 Å². The summed E-state index contributed by atoms with van der Waals surface area (Å²) in [5.41, 5.74) is 0.441. The Morgan fingerprint density at radius 1 is 1.36 bits per heavy atom. The zero-order valence-electron chi connectivity index (χ0n) is 12.6. The number of aryl methyl sites for hydroxylation is 1. The number of para-hydroxylation sites is 1. The average Bonchev–Trinajstić information content (AvgIpc) is 2.51. The second-order valence-electron chi connectivity index (χ2n) is 5.37. The van der Waals surface area contributed by atoms with Crippen LogP contribution in [-0.2, 0) is 7.05 Å². The summed E-state index contributed by atoms with van der Waals surface area (Å²) >= 11 is 0. The quantitative estimate of drug-likeness (QED) is 0.843. The van der Waals surface area contributed by atoms with Crippen LogP contribution in [0.15, 0.2) is 29.1 Å². The van der Waals surface area contributed by atoms with Crippen LogP contribution in [0, 0.1) is 0 Å². The van der Waals surface area contributed by atoms with Crippen LogP contribution in [0.4, 0.5) is 0 Å². The molecule has 22 heavy (non-hydrogen) atoms. The molecule has 7 heteroatoms. The van der Waals surface area contributed by atoms with Crippen LogP contribution in [0.25, 0.3) is 10.9 Å². The number of amides is 1. The van der Waals surface area contributed by atoms with E-state index in [1.54, 1.807) is 28.8 Å². The van der Waals surface area contributed by atoms with Crippen molar-refractivity contribution in [3.8, 4) is 0 Å². The number of hydrogen-bond acceptors (Lipinski definition) is 4. The number of hydrogen-bond donors (Lipinski definition) is 1. The van der Waals surface area contributed by atoms with Gasteiger partial charge in [-0.1, -0.05) is 12.1 Å². The number of rotatable bonds is 1. The molecule has 1 saturated heterocycles. The van der Waals surface area contributed by atoms with E-state index in [4.69, 9.17) is 0 Å². The lowest BCUT2D eigenvalue weighted by molar-refractivity contribution is 0.0646. The number of nitrogens with zero attached hydrogens (tertiary/aromatic N) is 3. The number of nitrogens with one attached hydrogen (secondary N) is 1. The third-order valence-corrected chi connectivity index (χ3v) is 3.93. The molecule has 1 fully saturated rings. The Hall–Kier alpha value is -1.92. The Labute approximate surface area is 134 Å². The second-order valence-corrected chi connectivity index (χ2v) is 5.37. The Bertz CT molecular complexity index is 759. The molecule has 1 aromatic carbocycles. The van der Waals surface area contributed by atoms with Gasteiger partial charge in [0.2, 0.25) is 5.43 Å². The summed E-state index contributed by atoms with van der Waals surface area (Å²) in [6, 6.07) is 7.27. The van der Waals surface area contributed by atoms with E-state index in [9.17, 15) is 9.59 Å². The van der Waals surface area contributed by atoms with Gasteiger partial charge in [-0.2, -0.15) is 5.10 Å². The molecule has 2 heterocycles. The molecular weight excluding hydrogens is 304 g/mol. The summed E-state index contributed by atoms with van der Waals surface area (Å²) in [7, 11) is 1.75. The number of benzene rings is 1. The zero-order chi connectivity index (χ0) is 15.0. The topological polar surface area (TPSA) is 67.2 Å². The fraction of sp³-hybridized carbons (Fsp3) is 0.400. The van der Waals surface area contributed by atoms with Gasteiger partial charge in [-0.05, 0) is 19.1 Å². The minimum absolute atomic E-state index is 0. The highest BCUT2D eigenvalue weighted by atomic mass is 35.5. The Morgan fingerprint density at radius 3 is 2.82 bits per heavy atom. The fourth-order valence-corrected chi connectivity index (χ4v) is 2.74. The first-order chi connectivity index (χ1) is 10.1. The van der Waals surface area contributed by atoms with Gasteiger partial charge < -0.3 is 10.2 Å². The minimum atomic E-state index is -0.292. The van der Waals surface area contributed by atoms with Crippen molar-refractivity contribution in [3.63, 3.8) is 0 Å². The highest BCUT2D eigenvalue weighted by Gasteiger charge is 2.27. The van der Waals surface area contributed by atoms with Gasteiger partial charge in [-0.3, -0.25) is 14.3 Å². The van der Waals surface area contributed by atoms with Gasteiger partial charge >= 0.3 is 0 Å². The molecule has 1 N–H and O–H groups in total.